The monoisotopic (exact) mass is 240 g/mol. The van der Waals surface area contributed by atoms with Gasteiger partial charge in [0.2, 0.25) is 0 Å². The number of rotatable bonds is 8. The summed E-state index contributed by atoms with van der Waals surface area (Å²) in [7, 11) is 0. The van der Waals surface area contributed by atoms with Crippen molar-refractivity contribution < 1.29 is 4.74 Å². The first-order chi connectivity index (χ1) is 7.86. The van der Waals surface area contributed by atoms with E-state index in [1.807, 2.05) is 11.6 Å². The number of hydrogen-bond donors (Lipinski definition) is 1. The first-order valence-electron chi connectivity index (χ1n) is 6.07. The normalized spacial score (nSPS) is 17.6. The zero-order chi connectivity index (χ0) is 11.2. The Kier molecular flexibility index (Phi) is 4.75. The Hall–Kier alpha value is -0.450. The molecule has 0 spiro atoms. The highest BCUT2D eigenvalue weighted by Crippen LogP contribution is 2.28. The second kappa shape index (κ2) is 6.33. The molecule has 0 bridgehead atoms. The minimum atomic E-state index is 0.364. The summed E-state index contributed by atoms with van der Waals surface area (Å²) in [5.41, 5.74) is 0. The fourth-order valence-electron chi connectivity index (χ4n) is 1.56. The van der Waals surface area contributed by atoms with Crippen LogP contribution >= 0.6 is 11.3 Å². The van der Waals surface area contributed by atoms with Crippen LogP contribution in [0.2, 0.25) is 0 Å². The van der Waals surface area contributed by atoms with Gasteiger partial charge in [-0.3, -0.25) is 0 Å². The molecule has 1 aromatic heterocycles. The minimum absolute atomic E-state index is 0.364. The molecular weight excluding hydrogens is 220 g/mol. The number of nitrogens with one attached hydrogen (secondary N) is 1. The van der Waals surface area contributed by atoms with Crippen molar-refractivity contribution in [3.63, 3.8) is 0 Å². The van der Waals surface area contributed by atoms with Crippen LogP contribution in [0.25, 0.3) is 0 Å². The summed E-state index contributed by atoms with van der Waals surface area (Å²) >= 11 is 1.71. The maximum absolute atomic E-state index is 5.58. The van der Waals surface area contributed by atoms with Gasteiger partial charge in [0.1, 0.15) is 5.01 Å². The van der Waals surface area contributed by atoms with Crippen LogP contribution in [0, 0.1) is 5.92 Å². The highest BCUT2D eigenvalue weighted by atomic mass is 32.1. The van der Waals surface area contributed by atoms with Crippen LogP contribution < -0.4 is 5.32 Å². The molecule has 0 aliphatic heterocycles. The molecule has 3 nitrogen and oxygen atoms in total. The van der Waals surface area contributed by atoms with E-state index in [0.29, 0.717) is 6.04 Å². The van der Waals surface area contributed by atoms with Gasteiger partial charge < -0.3 is 10.1 Å². The third-order valence-corrected chi connectivity index (χ3v) is 3.75. The Balaban J connectivity index is 1.47. The van der Waals surface area contributed by atoms with Crippen LogP contribution in [0.4, 0.5) is 0 Å². The number of nitrogens with zero attached hydrogens (tertiary/aromatic N) is 1. The van der Waals surface area contributed by atoms with E-state index in [0.717, 1.165) is 32.1 Å². The van der Waals surface area contributed by atoms with Gasteiger partial charge in [0.25, 0.3) is 0 Å². The molecule has 1 heterocycles. The summed E-state index contributed by atoms with van der Waals surface area (Å²) in [6, 6.07) is 0.364. The van der Waals surface area contributed by atoms with Crippen molar-refractivity contribution in [2.45, 2.75) is 32.2 Å². The first kappa shape index (κ1) is 12.0. The Labute approximate surface area is 101 Å². The fraction of sp³-hybridized carbons (Fsp3) is 0.750. The molecule has 1 aliphatic rings. The molecule has 0 saturated heterocycles. The lowest BCUT2D eigenvalue weighted by Gasteiger charge is -2.10. The van der Waals surface area contributed by atoms with E-state index in [2.05, 4.69) is 17.2 Å². The Morgan fingerprint density at radius 3 is 3.19 bits per heavy atom. The van der Waals surface area contributed by atoms with Crippen molar-refractivity contribution >= 4 is 11.3 Å². The van der Waals surface area contributed by atoms with Crippen molar-refractivity contribution in [2.24, 2.45) is 5.92 Å². The van der Waals surface area contributed by atoms with E-state index in [-0.39, 0.29) is 0 Å². The topological polar surface area (TPSA) is 34.1 Å². The van der Waals surface area contributed by atoms with Gasteiger partial charge in [-0.2, -0.15) is 0 Å². The van der Waals surface area contributed by atoms with Crippen molar-refractivity contribution in [2.75, 3.05) is 19.8 Å². The smallest absolute Gasteiger partial charge is 0.109 e. The molecule has 4 heteroatoms. The molecule has 1 atom stereocenters. The Morgan fingerprint density at radius 2 is 2.50 bits per heavy atom. The summed E-state index contributed by atoms with van der Waals surface area (Å²) in [6.45, 7) is 5.02. The molecule has 1 unspecified atom stereocenters. The zero-order valence-electron chi connectivity index (χ0n) is 9.82. The van der Waals surface area contributed by atoms with Crippen LogP contribution in [-0.4, -0.2) is 24.7 Å². The van der Waals surface area contributed by atoms with Gasteiger partial charge in [0, 0.05) is 24.8 Å². The predicted molar refractivity (Wildman–Crippen MR) is 66.7 cm³/mol. The van der Waals surface area contributed by atoms with E-state index in [1.165, 1.54) is 17.8 Å². The SMILES string of the molecule is CC(NCCCOCC1CC1)c1nccs1. The number of hydrogen-bond acceptors (Lipinski definition) is 4. The van der Waals surface area contributed by atoms with E-state index >= 15 is 0 Å². The molecule has 0 aromatic carbocycles. The Morgan fingerprint density at radius 1 is 1.62 bits per heavy atom. The number of ether oxygens (including phenoxy) is 1. The second-order valence-electron chi connectivity index (χ2n) is 4.42. The number of aromatic nitrogens is 1. The van der Waals surface area contributed by atoms with E-state index < -0.39 is 0 Å². The van der Waals surface area contributed by atoms with Crippen molar-refractivity contribution in [3.8, 4) is 0 Å². The third kappa shape index (κ3) is 4.20. The largest absolute Gasteiger partial charge is 0.381 e. The van der Waals surface area contributed by atoms with Crippen molar-refractivity contribution in [1.29, 1.82) is 0 Å². The first-order valence-corrected chi connectivity index (χ1v) is 6.94. The number of thiazole rings is 1. The van der Waals surface area contributed by atoms with Crippen molar-refractivity contribution in [1.82, 2.24) is 10.3 Å². The van der Waals surface area contributed by atoms with Gasteiger partial charge in [-0.25, -0.2) is 4.98 Å². The third-order valence-electron chi connectivity index (χ3n) is 2.79. The molecule has 2 rings (SSSR count). The molecule has 90 valence electrons. The standard InChI is InChI=1S/C12H20N2OS/c1-10(12-14-6-8-16-12)13-5-2-7-15-9-11-3-4-11/h6,8,10-11,13H,2-5,7,9H2,1H3. The molecule has 16 heavy (non-hydrogen) atoms. The second-order valence-corrected chi connectivity index (χ2v) is 5.34. The molecular formula is C12H20N2OS. The summed E-state index contributed by atoms with van der Waals surface area (Å²) in [6.07, 6.45) is 5.69. The average Bonchev–Trinajstić information content (AvgIpc) is 2.95. The summed E-state index contributed by atoms with van der Waals surface area (Å²) in [5.74, 6) is 0.877. The lowest BCUT2D eigenvalue weighted by atomic mass is 10.3. The maximum Gasteiger partial charge on any atom is 0.109 e. The summed E-state index contributed by atoms with van der Waals surface area (Å²) in [4.78, 5) is 4.29. The molecule has 1 aliphatic carbocycles. The zero-order valence-corrected chi connectivity index (χ0v) is 10.6. The summed E-state index contributed by atoms with van der Waals surface area (Å²) < 4.78 is 5.58. The molecule has 0 amide bonds. The van der Waals surface area contributed by atoms with Gasteiger partial charge in [-0.1, -0.05) is 0 Å². The van der Waals surface area contributed by atoms with E-state index in [4.69, 9.17) is 4.74 Å². The molecule has 0 radical (unpaired) electrons. The average molecular weight is 240 g/mol. The van der Waals surface area contributed by atoms with Gasteiger partial charge >= 0.3 is 0 Å². The quantitative estimate of drug-likeness (QED) is 0.709. The lowest BCUT2D eigenvalue weighted by Crippen LogP contribution is -2.20. The maximum atomic E-state index is 5.58. The van der Waals surface area contributed by atoms with Crippen molar-refractivity contribution in [3.05, 3.63) is 16.6 Å². The fourth-order valence-corrected chi connectivity index (χ4v) is 2.23. The van der Waals surface area contributed by atoms with E-state index in [9.17, 15) is 0 Å². The van der Waals surface area contributed by atoms with Crippen LogP contribution in [0.1, 0.15) is 37.2 Å². The lowest BCUT2D eigenvalue weighted by molar-refractivity contribution is 0.121. The molecule has 1 N–H and O–H groups in total. The van der Waals surface area contributed by atoms with Crippen LogP contribution in [0.5, 0.6) is 0 Å². The molecule has 1 fully saturated rings. The molecule has 1 aromatic rings. The van der Waals surface area contributed by atoms with Gasteiger partial charge in [0.15, 0.2) is 0 Å². The molecule has 1 saturated carbocycles. The van der Waals surface area contributed by atoms with Gasteiger partial charge in [-0.05, 0) is 38.6 Å². The highest BCUT2D eigenvalue weighted by molar-refractivity contribution is 7.09. The highest BCUT2D eigenvalue weighted by Gasteiger charge is 2.20. The Bertz CT molecular complexity index is 285. The van der Waals surface area contributed by atoms with Crippen LogP contribution in [0.15, 0.2) is 11.6 Å². The minimum Gasteiger partial charge on any atom is -0.381 e. The van der Waals surface area contributed by atoms with Crippen LogP contribution in [-0.2, 0) is 4.74 Å². The van der Waals surface area contributed by atoms with E-state index in [1.54, 1.807) is 11.3 Å². The van der Waals surface area contributed by atoms with Crippen LogP contribution in [0.3, 0.4) is 0 Å². The van der Waals surface area contributed by atoms with Gasteiger partial charge in [0.05, 0.1) is 6.04 Å². The predicted octanol–water partition coefficient (Wildman–Crippen LogP) is 2.61. The van der Waals surface area contributed by atoms with Gasteiger partial charge in [-0.15, -0.1) is 11.3 Å². The summed E-state index contributed by atoms with van der Waals surface area (Å²) in [5, 5.41) is 6.64.